The molecule has 0 atom stereocenters. The molecule has 1 fully saturated rings. The average Bonchev–Trinajstić information content (AvgIpc) is 2.77. The van der Waals surface area contributed by atoms with Crippen LogP contribution in [-0.4, -0.2) is 30.0 Å². The quantitative estimate of drug-likeness (QED) is 0.919. The van der Waals surface area contributed by atoms with Gasteiger partial charge in [0.15, 0.2) is 0 Å². The highest BCUT2D eigenvalue weighted by Crippen LogP contribution is 2.34. The van der Waals surface area contributed by atoms with E-state index in [1.54, 1.807) is 11.3 Å². The number of aromatic nitrogens is 1. The fraction of sp³-hybridized carbons (Fsp3) is 0.800. The van der Waals surface area contributed by atoms with Crippen LogP contribution in [0.1, 0.15) is 44.3 Å². The third kappa shape index (κ3) is 4.26. The van der Waals surface area contributed by atoms with E-state index < -0.39 is 0 Å². The van der Waals surface area contributed by atoms with E-state index in [1.807, 2.05) is 7.05 Å². The number of piperidine rings is 1. The number of nitrogens with zero attached hydrogens (tertiary/aromatic N) is 2. The molecular formula is C15H27N3S. The van der Waals surface area contributed by atoms with Gasteiger partial charge in [0.2, 0.25) is 0 Å². The summed E-state index contributed by atoms with van der Waals surface area (Å²) < 4.78 is 0. The van der Waals surface area contributed by atoms with Crippen LogP contribution in [0.4, 0.5) is 0 Å². The molecule has 0 radical (unpaired) electrons. The number of hydrogen-bond acceptors (Lipinski definition) is 4. The predicted molar refractivity (Wildman–Crippen MR) is 82.3 cm³/mol. The number of hydrogen-bond donors (Lipinski definition) is 1. The van der Waals surface area contributed by atoms with Crippen LogP contribution >= 0.6 is 11.3 Å². The van der Waals surface area contributed by atoms with Gasteiger partial charge in [-0.05, 0) is 44.3 Å². The van der Waals surface area contributed by atoms with Crippen molar-refractivity contribution in [3.63, 3.8) is 0 Å². The Kier molecular flexibility index (Phi) is 4.98. The maximum Gasteiger partial charge on any atom is 0.107 e. The highest BCUT2D eigenvalue weighted by atomic mass is 32.1. The van der Waals surface area contributed by atoms with Crippen LogP contribution in [0.15, 0.2) is 5.38 Å². The minimum Gasteiger partial charge on any atom is -0.314 e. The van der Waals surface area contributed by atoms with Crippen molar-refractivity contribution >= 4 is 11.3 Å². The lowest BCUT2D eigenvalue weighted by Gasteiger charge is -2.38. The number of nitrogens with one attached hydrogen (secondary N) is 1. The molecule has 0 aliphatic carbocycles. The van der Waals surface area contributed by atoms with Gasteiger partial charge in [0.1, 0.15) is 5.01 Å². The standard InChI is InChI=1S/C15H27N3S/c1-15(2,3)12-5-7-18(8-6-12)10-13-11-19-14(17-13)9-16-4/h11-12,16H,5-10H2,1-4H3. The van der Waals surface area contributed by atoms with Crippen molar-refractivity contribution < 1.29 is 0 Å². The SMILES string of the molecule is CNCc1nc(CN2CCC(C(C)(C)C)CC2)cs1. The predicted octanol–water partition coefficient (Wildman–Crippen LogP) is 3.12. The van der Waals surface area contributed by atoms with Gasteiger partial charge < -0.3 is 5.32 Å². The largest absolute Gasteiger partial charge is 0.314 e. The van der Waals surface area contributed by atoms with Crippen molar-refractivity contribution in [1.82, 2.24) is 15.2 Å². The highest BCUT2D eigenvalue weighted by molar-refractivity contribution is 7.09. The first-order chi connectivity index (χ1) is 8.99. The fourth-order valence-corrected chi connectivity index (χ4v) is 3.64. The molecule has 1 saturated heterocycles. The Hall–Kier alpha value is -0.450. The van der Waals surface area contributed by atoms with Gasteiger partial charge in [0.25, 0.3) is 0 Å². The van der Waals surface area contributed by atoms with Crippen LogP contribution < -0.4 is 5.32 Å². The Labute approximate surface area is 121 Å². The fourth-order valence-electron chi connectivity index (χ4n) is 2.84. The normalized spacial score (nSPS) is 18.9. The van der Waals surface area contributed by atoms with E-state index in [2.05, 4.69) is 41.4 Å². The zero-order valence-electron chi connectivity index (χ0n) is 12.7. The van der Waals surface area contributed by atoms with E-state index >= 15 is 0 Å². The first-order valence-corrected chi connectivity index (χ1v) is 8.17. The molecular weight excluding hydrogens is 254 g/mol. The lowest BCUT2D eigenvalue weighted by atomic mass is 9.75. The van der Waals surface area contributed by atoms with Gasteiger partial charge in [-0.3, -0.25) is 4.90 Å². The maximum absolute atomic E-state index is 4.68. The van der Waals surface area contributed by atoms with Gasteiger partial charge in [-0.1, -0.05) is 20.8 Å². The van der Waals surface area contributed by atoms with Crippen molar-refractivity contribution in [2.45, 2.75) is 46.7 Å². The van der Waals surface area contributed by atoms with Crippen molar-refractivity contribution in [1.29, 1.82) is 0 Å². The summed E-state index contributed by atoms with van der Waals surface area (Å²) in [5, 5.41) is 6.56. The molecule has 1 aromatic heterocycles. The molecule has 0 saturated carbocycles. The lowest BCUT2D eigenvalue weighted by Crippen LogP contribution is -2.37. The Morgan fingerprint density at radius 1 is 1.37 bits per heavy atom. The molecule has 1 N–H and O–H groups in total. The highest BCUT2D eigenvalue weighted by Gasteiger charge is 2.28. The second-order valence-corrected chi connectivity index (χ2v) is 7.62. The van der Waals surface area contributed by atoms with E-state index in [0.29, 0.717) is 5.41 Å². The van der Waals surface area contributed by atoms with Gasteiger partial charge in [0.05, 0.1) is 5.69 Å². The third-order valence-electron chi connectivity index (χ3n) is 4.13. The molecule has 1 aliphatic heterocycles. The minimum atomic E-state index is 0.465. The number of thiazole rings is 1. The Balaban J connectivity index is 1.82. The van der Waals surface area contributed by atoms with Crippen molar-refractivity contribution in [3.05, 3.63) is 16.1 Å². The average molecular weight is 281 g/mol. The summed E-state index contributed by atoms with van der Waals surface area (Å²) in [5.74, 6) is 0.874. The van der Waals surface area contributed by atoms with Gasteiger partial charge >= 0.3 is 0 Å². The third-order valence-corrected chi connectivity index (χ3v) is 5.02. The lowest BCUT2D eigenvalue weighted by molar-refractivity contribution is 0.107. The van der Waals surface area contributed by atoms with E-state index in [4.69, 9.17) is 0 Å². The molecule has 2 rings (SSSR count). The Bertz CT molecular complexity index is 386. The van der Waals surface area contributed by atoms with Gasteiger partial charge in [-0.25, -0.2) is 4.98 Å². The van der Waals surface area contributed by atoms with Gasteiger partial charge in [-0.15, -0.1) is 11.3 Å². The first-order valence-electron chi connectivity index (χ1n) is 7.29. The first kappa shape index (κ1) is 14.9. The monoisotopic (exact) mass is 281 g/mol. The molecule has 0 bridgehead atoms. The zero-order valence-corrected chi connectivity index (χ0v) is 13.5. The van der Waals surface area contributed by atoms with Crippen LogP contribution in [0, 0.1) is 11.3 Å². The van der Waals surface area contributed by atoms with Crippen LogP contribution in [-0.2, 0) is 13.1 Å². The Morgan fingerprint density at radius 2 is 2.05 bits per heavy atom. The molecule has 1 aliphatic rings. The van der Waals surface area contributed by atoms with Crippen LogP contribution in [0.2, 0.25) is 0 Å². The summed E-state index contributed by atoms with van der Waals surface area (Å²) in [5.41, 5.74) is 1.71. The van der Waals surface area contributed by atoms with Gasteiger partial charge in [0, 0.05) is 18.5 Å². The second kappa shape index (κ2) is 6.33. The van der Waals surface area contributed by atoms with Crippen LogP contribution in [0.25, 0.3) is 0 Å². The van der Waals surface area contributed by atoms with Crippen molar-refractivity contribution in [2.24, 2.45) is 11.3 Å². The van der Waals surface area contributed by atoms with Crippen molar-refractivity contribution in [2.75, 3.05) is 20.1 Å². The number of rotatable bonds is 4. The summed E-state index contributed by atoms with van der Waals surface area (Å²) >= 11 is 1.77. The molecule has 2 heterocycles. The summed E-state index contributed by atoms with van der Waals surface area (Å²) in [6.45, 7) is 11.5. The van der Waals surface area contributed by atoms with Crippen LogP contribution in [0.5, 0.6) is 0 Å². The van der Waals surface area contributed by atoms with E-state index in [0.717, 1.165) is 19.0 Å². The number of likely N-dealkylation sites (tertiary alicyclic amines) is 1. The molecule has 0 aromatic carbocycles. The molecule has 0 unspecified atom stereocenters. The van der Waals surface area contributed by atoms with E-state index in [-0.39, 0.29) is 0 Å². The van der Waals surface area contributed by atoms with E-state index in [1.165, 1.54) is 36.6 Å². The van der Waals surface area contributed by atoms with E-state index in [9.17, 15) is 0 Å². The zero-order chi connectivity index (χ0) is 13.9. The topological polar surface area (TPSA) is 28.2 Å². The smallest absolute Gasteiger partial charge is 0.107 e. The molecule has 1 aromatic rings. The van der Waals surface area contributed by atoms with Crippen LogP contribution in [0.3, 0.4) is 0 Å². The molecule has 108 valence electrons. The summed E-state index contributed by atoms with van der Waals surface area (Å²) in [6.07, 6.45) is 2.66. The summed E-state index contributed by atoms with van der Waals surface area (Å²) in [4.78, 5) is 7.23. The Morgan fingerprint density at radius 3 is 2.63 bits per heavy atom. The second-order valence-electron chi connectivity index (χ2n) is 6.68. The molecule has 0 spiro atoms. The molecule has 3 nitrogen and oxygen atoms in total. The molecule has 0 amide bonds. The molecule has 4 heteroatoms. The summed E-state index contributed by atoms with van der Waals surface area (Å²) in [7, 11) is 1.97. The maximum atomic E-state index is 4.68. The minimum absolute atomic E-state index is 0.465. The summed E-state index contributed by atoms with van der Waals surface area (Å²) in [6, 6.07) is 0. The molecule has 19 heavy (non-hydrogen) atoms. The van der Waals surface area contributed by atoms with Gasteiger partial charge in [-0.2, -0.15) is 0 Å². The van der Waals surface area contributed by atoms with Crippen molar-refractivity contribution in [3.8, 4) is 0 Å².